The van der Waals surface area contributed by atoms with Gasteiger partial charge < -0.3 is 20.5 Å². The van der Waals surface area contributed by atoms with Gasteiger partial charge in [-0.2, -0.15) is 0 Å². The third-order valence-electron chi connectivity index (χ3n) is 3.70. The zero-order valence-corrected chi connectivity index (χ0v) is 12.2. The fourth-order valence-corrected chi connectivity index (χ4v) is 2.46. The number of aromatic carboxylic acids is 1. The molecule has 1 heterocycles. The van der Waals surface area contributed by atoms with E-state index in [0.717, 1.165) is 19.4 Å². The van der Waals surface area contributed by atoms with E-state index in [-0.39, 0.29) is 23.2 Å². The van der Waals surface area contributed by atoms with Gasteiger partial charge in [-0.3, -0.25) is 4.79 Å². The number of piperidine rings is 1. The van der Waals surface area contributed by atoms with E-state index in [2.05, 4.69) is 17.6 Å². The van der Waals surface area contributed by atoms with Gasteiger partial charge in [0.25, 0.3) is 0 Å². The van der Waals surface area contributed by atoms with Crippen LogP contribution in [0.25, 0.3) is 0 Å². The first-order valence-corrected chi connectivity index (χ1v) is 6.97. The average Bonchev–Trinajstić information content (AvgIpc) is 2.47. The van der Waals surface area contributed by atoms with Crippen LogP contribution in [0.4, 0.5) is 5.69 Å². The maximum atomic E-state index is 12.2. The van der Waals surface area contributed by atoms with Gasteiger partial charge in [-0.25, -0.2) is 4.79 Å². The second-order valence-corrected chi connectivity index (χ2v) is 5.34. The van der Waals surface area contributed by atoms with Crippen LogP contribution < -0.4 is 15.4 Å². The molecule has 114 valence electrons. The second-order valence-electron chi connectivity index (χ2n) is 5.34. The van der Waals surface area contributed by atoms with Crippen molar-refractivity contribution in [2.75, 3.05) is 19.0 Å². The number of ether oxygens (including phenoxy) is 1. The van der Waals surface area contributed by atoms with Crippen molar-refractivity contribution < 1.29 is 19.4 Å². The zero-order valence-electron chi connectivity index (χ0n) is 12.2. The van der Waals surface area contributed by atoms with Gasteiger partial charge in [0.05, 0.1) is 24.4 Å². The van der Waals surface area contributed by atoms with Crippen LogP contribution in [0.15, 0.2) is 18.2 Å². The lowest BCUT2D eigenvalue weighted by atomic mass is 9.94. The largest absolute Gasteiger partial charge is 0.497 e. The summed E-state index contributed by atoms with van der Waals surface area (Å²) in [6.07, 6.45) is 1.80. The molecule has 0 aromatic heterocycles. The van der Waals surface area contributed by atoms with E-state index >= 15 is 0 Å². The van der Waals surface area contributed by atoms with E-state index in [1.165, 1.54) is 13.2 Å². The summed E-state index contributed by atoms with van der Waals surface area (Å²) in [5.74, 6) is -0.380. The molecule has 1 amide bonds. The van der Waals surface area contributed by atoms with Crippen LogP contribution in [0.1, 0.15) is 30.1 Å². The summed E-state index contributed by atoms with van der Waals surface area (Å²) < 4.78 is 5.01. The number of benzene rings is 1. The number of hydrogen-bond acceptors (Lipinski definition) is 4. The molecule has 6 heteroatoms. The fraction of sp³-hybridized carbons (Fsp3) is 0.467. The van der Waals surface area contributed by atoms with Crippen molar-refractivity contribution in [3.63, 3.8) is 0 Å². The summed E-state index contributed by atoms with van der Waals surface area (Å²) in [5.41, 5.74) is 0.305. The molecule has 1 aliphatic heterocycles. The van der Waals surface area contributed by atoms with Gasteiger partial charge in [-0.05, 0) is 43.5 Å². The third-order valence-corrected chi connectivity index (χ3v) is 3.70. The first kappa shape index (κ1) is 15.3. The molecule has 2 unspecified atom stereocenters. The Hall–Kier alpha value is -2.08. The molecule has 0 bridgehead atoms. The average molecular weight is 292 g/mol. The number of carboxylic acids is 1. The van der Waals surface area contributed by atoms with E-state index in [1.54, 1.807) is 12.1 Å². The monoisotopic (exact) mass is 292 g/mol. The van der Waals surface area contributed by atoms with Crippen molar-refractivity contribution in [3.8, 4) is 5.75 Å². The van der Waals surface area contributed by atoms with Gasteiger partial charge in [0.15, 0.2) is 0 Å². The first-order valence-electron chi connectivity index (χ1n) is 6.97. The Morgan fingerprint density at radius 2 is 2.19 bits per heavy atom. The summed E-state index contributed by atoms with van der Waals surface area (Å²) in [5, 5.41) is 15.1. The van der Waals surface area contributed by atoms with Crippen LogP contribution in [-0.4, -0.2) is 36.7 Å². The van der Waals surface area contributed by atoms with Gasteiger partial charge in [0.2, 0.25) is 5.91 Å². The lowest BCUT2D eigenvalue weighted by molar-refractivity contribution is -0.119. The van der Waals surface area contributed by atoms with Crippen LogP contribution in [0.3, 0.4) is 0 Å². The van der Waals surface area contributed by atoms with Gasteiger partial charge in [0.1, 0.15) is 5.75 Å². The number of carboxylic acid groups (broad SMARTS) is 1. The number of carbonyl (C=O) groups excluding carboxylic acids is 1. The topological polar surface area (TPSA) is 87.7 Å². The van der Waals surface area contributed by atoms with E-state index in [0.29, 0.717) is 11.7 Å². The lowest BCUT2D eigenvalue weighted by Crippen LogP contribution is -2.45. The van der Waals surface area contributed by atoms with Crippen molar-refractivity contribution in [1.29, 1.82) is 0 Å². The number of rotatable bonds is 4. The van der Waals surface area contributed by atoms with E-state index in [1.807, 2.05) is 0 Å². The van der Waals surface area contributed by atoms with Crippen molar-refractivity contribution >= 4 is 17.6 Å². The predicted octanol–water partition coefficient (Wildman–Crippen LogP) is 1.72. The van der Waals surface area contributed by atoms with Crippen molar-refractivity contribution in [1.82, 2.24) is 5.32 Å². The van der Waals surface area contributed by atoms with Crippen LogP contribution in [-0.2, 0) is 4.79 Å². The van der Waals surface area contributed by atoms with E-state index in [9.17, 15) is 14.7 Å². The third kappa shape index (κ3) is 3.72. The molecule has 1 aliphatic rings. The summed E-state index contributed by atoms with van der Waals surface area (Å²) in [6, 6.07) is 4.29. The Morgan fingerprint density at radius 3 is 2.81 bits per heavy atom. The molecule has 2 rings (SSSR count). The quantitative estimate of drug-likeness (QED) is 0.786. The highest BCUT2D eigenvalue weighted by atomic mass is 16.5. The molecule has 2 atom stereocenters. The summed E-state index contributed by atoms with van der Waals surface area (Å²) in [7, 11) is 1.46. The van der Waals surface area contributed by atoms with Crippen molar-refractivity contribution in [2.45, 2.75) is 25.8 Å². The highest BCUT2D eigenvalue weighted by Gasteiger charge is 2.25. The minimum absolute atomic E-state index is 0.0200. The molecule has 1 aromatic carbocycles. The maximum absolute atomic E-state index is 12.2. The first-order chi connectivity index (χ1) is 10.0. The Balaban J connectivity index is 2.14. The number of hydrogen-bond donors (Lipinski definition) is 3. The van der Waals surface area contributed by atoms with Crippen molar-refractivity contribution in [2.24, 2.45) is 5.92 Å². The minimum Gasteiger partial charge on any atom is -0.497 e. The molecule has 0 radical (unpaired) electrons. The normalized spacial score (nSPS) is 21.6. The van der Waals surface area contributed by atoms with E-state index < -0.39 is 5.97 Å². The Morgan fingerprint density at radius 1 is 1.43 bits per heavy atom. The van der Waals surface area contributed by atoms with Gasteiger partial charge in [0, 0.05) is 0 Å². The van der Waals surface area contributed by atoms with Gasteiger partial charge >= 0.3 is 5.97 Å². The zero-order chi connectivity index (χ0) is 15.4. The highest BCUT2D eigenvalue weighted by Crippen LogP contribution is 2.23. The number of amides is 1. The molecule has 1 saturated heterocycles. The highest BCUT2D eigenvalue weighted by molar-refractivity contribution is 6.02. The second kappa shape index (κ2) is 6.58. The van der Waals surface area contributed by atoms with Crippen LogP contribution in [0.5, 0.6) is 5.75 Å². The Bertz CT molecular complexity index is 544. The van der Waals surface area contributed by atoms with Crippen LogP contribution in [0.2, 0.25) is 0 Å². The minimum atomic E-state index is -1.10. The number of anilines is 1. The number of methoxy groups -OCH3 is 1. The molecule has 0 spiro atoms. The molecule has 0 saturated carbocycles. The standard InChI is InChI=1S/C15H20N2O4/c1-9-5-6-16-13(7-9)14(18)17-12-4-3-10(21-2)8-11(12)15(19)20/h3-4,8-9,13,16H,5-7H2,1-2H3,(H,17,18)(H,19,20). The fourth-order valence-electron chi connectivity index (χ4n) is 2.46. The van der Waals surface area contributed by atoms with Gasteiger partial charge in [-0.1, -0.05) is 6.92 Å². The Labute approximate surface area is 123 Å². The Kier molecular flexibility index (Phi) is 4.80. The SMILES string of the molecule is COc1ccc(NC(=O)C2CC(C)CCN2)c(C(=O)O)c1. The molecule has 1 fully saturated rings. The molecule has 0 aliphatic carbocycles. The molecule has 1 aromatic rings. The number of carbonyl (C=O) groups is 2. The summed E-state index contributed by atoms with van der Waals surface area (Å²) >= 11 is 0. The lowest BCUT2D eigenvalue weighted by Gasteiger charge is -2.27. The molecule has 3 N–H and O–H groups in total. The molecule has 21 heavy (non-hydrogen) atoms. The maximum Gasteiger partial charge on any atom is 0.337 e. The predicted molar refractivity (Wildman–Crippen MR) is 78.8 cm³/mol. The smallest absolute Gasteiger partial charge is 0.337 e. The molecular formula is C15H20N2O4. The van der Waals surface area contributed by atoms with Crippen LogP contribution in [0, 0.1) is 5.92 Å². The molecule has 6 nitrogen and oxygen atoms in total. The van der Waals surface area contributed by atoms with E-state index in [4.69, 9.17) is 4.74 Å². The summed E-state index contributed by atoms with van der Waals surface area (Å²) in [6.45, 7) is 2.91. The summed E-state index contributed by atoms with van der Waals surface area (Å²) in [4.78, 5) is 23.5. The molecular weight excluding hydrogens is 272 g/mol. The van der Waals surface area contributed by atoms with Crippen molar-refractivity contribution in [3.05, 3.63) is 23.8 Å². The van der Waals surface area contributed by atoms with Crippen LogP contribution >= 0.6 is 0 Å². The number of nitrogens with one attached hydrogen (secondary N) is 2. The van der Waals surface area contributed by atoms with Gasteiger partial charge in [-0.15, -0.1) is 0 Å².